The number of aryl methyl sites for hydroxylation is 1. The summed E-state index contributed by atoms with van der Waals surface area (Å²) in [6.45, 7) is 0.399. The van der Waals surface area contributed by atoms with Crippen molar-refractivity contribution in [2.75, 3.05) is 0 Å². The molecule has 0 bridgehead atoms. The maximum Gasteiger partial charge on any atom is 0.335 e. The summed E-state index contributed by atoms with van der Waals surface area (Å²) in [6.07, 6.45) is 1.09. The number of halogens is 1. The predicted octanol–water partition coefficient (Wildman–Crippen LogP) is 3.64. The van der Waals surface area contributed by atoms with E-state index in [1.54, 1.807) is 48.5 Å². The molecule has 0 radical (unpaired) electrons. The topological polar surface area (TPSA) is 218 Å². The van der Waals surface area contributed by atoms with Crippen molar-refractivity contribution in [3.8, 4) is 0 Å². The summed E-state index contributed by atoms with van der Waals surface area (Å²) in [7, 11) is -4.17. The highest BCUT2D eigenvalue weighted by Gasteiger charge is 2.29. The molecule has 0 spiro atoms. The number of carboxylic acid groups (broad SMARTS) is 1. The Morgan fingerprint density at radius 1 is 0.784 bits per heavy atom. The smallest absolute Gasteiger partial charge is 0.335 e. The van der Waals surface area contributed by atoms with Gasteiger partial charge in [-0.25, -0.2) is 17.9 Å². The van der Waals surface area contributed by atoms with Crippen LogP contribution in [-0.4, -0.2) is 49.2 Å². The van der Waals surface area contributed by atoms with Gasteiger partial charge in [-0.05, 0) is 71.3 Å². The van der Waals surface area contributed by atoms with Crippen molar-refractivity contribution in [3.05, 3.63) is 141 Å². The van der Waals surface area contributed by atoms with Crippen LogP contribution in [0.4, 0.5) is 0 Å². The zero-order chi connectivity index (χ0) is 37.0. The minimum absolute atomic E-state index is 0.0686. The van der Waals surface area contributed by atoms with Gasteiger partial charge in [-0.15, -0.1) is 0 Å². The van der Waals surface area contributed by atoms with Crippen LogP contribution in [-0.2, 0) is 51.3 Å². The molecule has 14 heteroatoms. The number of amides is 2. The summed E-state index contributed by atoms with van der Waals surface area (Å²) in [5, 5.41) is 23.1. The van der Waals surface area contributed by atoms with Crippen LogP contribution < -0.4 is 26.8 Å². The third-order valence-corrected chi connectivity index (χ3v) is 9.64. The third kappa shape index (κ3) is 12.3. The van der Waals surface area contributed by atoms with E-state index in [0.717, 1.165) is 22.3 Å². The van der Waals surface area contributed by atoms with Gasteiger partial charge in [0.1, 0.15) is 17.9 Å². The van der Waals surface area contributed by atoms with Crippen LogP contribution >= 0.6 is 11.6 Å². The van der Waals surface area contributed by atoms with Crippen molar-refractivity contribution in [2.45, 2.75) is 56.6 Å². The molecule has 0 fully saturated rings. The highest BCUT2D eigenvalue weighted by Crippen LogP contribution is 2.16. The number of rotatable bonds is 18. The molecule has 2 atom stereocenters. The van der Waals surface area contributed by atoms with Gasteiger partial charge in [0.2, 0.25) is 21.8 Å². The predicted molar refractivity (Wildman–Crippen MR) is 197 cm³/mol. The molecule has 0 aliphatic carbocycles. The molecule has 9 N–H and O–H groups in total. The molecule has 0 saturated carbocycles. The Hall–Kier alpha value is -5.08. The second kappa shape index (κ2) is 18.2. The molecule has 0 saturated heterocycles. The molecule has 0 aliphatic heterocycles. The molecule has 0 unspecified atom stereocenters. The zero-order valence-electron chi connectivity index (χ0n) is 27.8. The van der Waals surface area contributed by atoms with Gasteiger partial charge in [0.25, 0.3) is 0 Å². The number of nitrogens with two attached hydrogens (primary N) is 2. The normalized spacial score (nSPS) is 12.4. The van der Waals surface area contributed by atoms with E-state index in [1.165, 1.54) is 24.3 Å². The van der Waals surface area contributed by atoms with Crippen LogP contribution in [0.2, 0.25) is 5.02 Å². The number of carbonyl (C=O) groups is 3. The van der Waals surface area contributed by atoms with Gasteiger partial charge in [0.05, 0.1) is 11.3 Å². The SMILES string of the molecule is N=C(N)c1ccc(CNC(=O)[C@H](Cc2cccc(CN)c2)NC(=O)[C@@H](CCCc2cccc(Cl)c2)NS(=O)(=O)Cc2cccc(C(=O)O)c2)cc1. The maximum absolute atomic E-state index is 13.9. The first-order chi connectivity index (χ1) is 24.3. The summed E-state index contributed by atoms with van der Waals surface area (Å²) in [5.41, 5.74) is 15.3. The minimum Gasteiger partial charge on any atom is -0.478 e. The molecule has 4 aromatic carbocycles. The summed E-state index contributed by atoms with van der Waals surface area (Å²) in [6, 6.07) is 24.5. The van der Waals surface area contributed by atoms with Gasteiger partial charge < -0.3 is 27.2 Å². The van der Waals surface area contributed by atoms with E-state index in [0.29, 0.717) is 23.4 Å². The van der Waals surface area contributed by atoms with Crippen LogP contribution in [0, 0.1) is 5.41 Å². The second-order valence-corrected chi connectivity index (χ2v) is 14.3. The molecular formula is C37H41ClN6O6S. The maximum atomic E-state index is 13.9. The summed E-state index contributed by atoms with van der Waals surface area (Å²) in [5.74, 6) is -3.05. The molecule has 4 aromatic rings. The van der Waals surface area contributed by atoms with Gasteiger partial charge in [-0.1, -0.05) is 84.4 Å². The van der Waals surface area contributed by atoms with E-state index in [4.69, 9.17) is 28.5 Å². The largest absolute Gasteiger partial charge is 0.478 e. The molecule has 0 aromatic heterocycles. The van der Waals surface area contributed by atoms with E-state index in [-0.39, 0.29) is 42.9 Å². The van der Waals surface area contributed by atoms with Crippen molar-refractivity contribution in [3.63, 3.8) is 0 Å². The number of carboxylic acids is 1. The first-order valence-corrected chi connectivity index (χ1v) is 18.2. The Balaban J connectivity index is 1.56. The number of hydrogen-bond donors (Lipinski definition) is 7. The summed E-state index contributed by atoms with van der Waals surface area (Å²) < 4.78 is 29.3. The molecule has 0 aliphatic rings. The van der Waals surface area contributed by atoms with Crippen molar-refractivity contribution in [1.29, 1.82) is 5.41 Å². The highest BCUT2D eigenvalue weighted by molar-refractivity contribution is 7.88. The third-order valence-electron chi connectivity index (χ3n) is 8.05. The fraction of sp³-hybridized carbons (Fsp3) is 0.243. The molecule has 4 rings (SSSR count). The minimum atomic E-state index is -4.17. The zero-order valence-corrected chi connectivity index (χ0v) is 29.3. The van der Waals surface area contributed by atoms with E-state index in [1.807, 2.05) is 24.3 Å². The number of nitrogens with one attached hydrogen (secondary N) is 4. The average Bonchev–Trinajstić information content (AvgIpc) is 3.10. The number of sulfonamides is 1. The Bertz CT molecular complexity index is 1970. The Morgan fingerprint density at radius 3 is 2.14 bits per heavy atom. The lowest BCUT2D eigenvalue weighted by atomic mass is 10.0. The second-order valence-electron chi connectivity index (χ2n) is 12.1. The van der Waals surface area contributed by atoms with Crippen molar-refractivity contribution in [1.82, 2.24) is 15.4 Å². The first-order valence-electron chi connectivity index (χ1n) is 16.2. The van der Waals surface area contributed by atoms with E-state index < -0.39 is 45.6 Å². The van der Waals surface area contributed by atoms with Crippen LogP contribution in [0.3, 0.4) is 0 Å². The van der Waals surface area contributed by atoms with Gasteiger partial charge in [0.15, 0.2) is 0 Å². The first kappa shape index (κ1) is 38.7. The van der Waals surface area contributed by atoms with Crippen LogP contribution in [0.1, 0.15) is 56.6 Å². The van der Waals surface area contributed by atoms with Crippen LogP contribution in [0.5, 0.6) is 0 Å². The molecule has 268 valence electrons. The number of carbonyl (C=O) groups excluding carboxylic acids is 2. The standard InChI is InChI=1S/C37H41ClN6O6S/c38-31-11-3-5-24(19-31)6-4-12-32(44-51(49,50)23-28-9-2-10-30(18-28)37(47)48)36(46)43-33(20-26-7-1-8-27(17-26)21-39)35(45)42-22-25-13-15-29(16-14-25)34(40)41/h1-3,5,7-11,13-19,32-33,44H,4,6,12,20-23,39H2,(H3,40,41)(H,42,45)(H,43,46)(H,47,48)/t32-,33+/m1/s1. The Morgan fingerprint density at radius 2 is 1.45 bits per heavy atom. The van der Waals surface area contributed by atoms with Gasteiger partial charge >= 0.3 is 5.97 Å². The number of nitrogen functional groups attached to an aromatic ring is 1. The molecule has 12 nitrogen and oxygen atoms in total. The Labute approximate surface area is 302 Å². The molecule has 0 heterocycles. The van der Waals surface area contributed by atoms with Crippen molar-refractivity contribution in [2.24, 2.45) is 11.5 Å². The quantitative estimate of drug-likeness (QED) is 0.0591. The number of amidine groups is 1. The van der Waals surface area contributed by atoms with E-state index in [2.05, 4.69) is 15.4 Å². The fourth-order valence-corrected chi connectivity index (χ4v) is 7.01. The lowest BCUT2D eigenvalue weighted by Gasteiger charge is -2.24. The molecule has 51 heavy (non-hydrogen) atoms. The molecule has 2 amide bonds. The lowest BCUT2D eigenvalue weighted by Crippen LogP contribution is -2.54. The fourth-order valence-electron chi connectivity index (χ4n) is 5.43. The number of benzene rings is 4. The Kier molecular flexibility index (Phi) is 13.8. The van der Waals surface area contributed by atoms with Gasteiger partial charge in [0, 0.05) is 30.1 Å². The van der Waals surface area contributed by atoms with E-state index >= 15 is 0 Å². The van der Waals surface area contributed by atoms with Crippen molar-refractivity contribution < 1.29 is 27.9 Å². The lowest BCUT2D eigenvalue weighted by molar-refractivity contribution is -0.130. The van der Waals surface area contributed by atoms with Crippen LogP contribution in [0.15, 0.2) is 97.1 Å². The summed E-state index contributed by atoms with van der Waals surface area (Å²) in [4.78, 5) is 39.1. The van der Waals surface area contributed by atoms with Crippen LogP contribution in [0.25, 0.3) is 0 Å². The average molecular weight is 733 g/mol. The highest BCUT2D eigenvalue weighted by atomic mass is 35.5. The number of aromatic carboxylic acids is 1. The number of hydrogen-bond acceptors (Lipinski definition) is 7. The van der Waals surface area contributed by atoms with E-state index in [9.17, 15) is 27.9 Å². The van der Waals surface area contributed by atoms with Gasteiger partial charge in [-0.3, -0.25) is 15.0 Å². The van der Waals surface area contributed by atoms with Crippen molar-refractivity contribution >= 4 is 45.2 Å². The van der Waals surface area contributed by atoms with Gasteiger partial charge in [-0.2, -0.15) is 0 Å². The molecular weight excluding hydrogens is 692 g/mol. The summed E-state index contributed by atoms with van der Waals surface area (Å²) >= 11 is 6.14. The monoisotopic (exact) mass is 732 g/mol.